The third-order valence-electron chi connectivity index (χ3n) is 5.69. The zero-order chi connectivity index (χ0) is 29.2. The molecule has 1 aliphatic heterocycles. The molecule has 11 nitrogen and oxygen atoms in total. The van der Waals surface area contributed by atoms with E-state index in [0.717, 1.165) is 19.4 Å². The van der Waals surface area contributed by atoms with Gasteiger partial charge in [0.15, 0.2) is 18.0 Å². The molecule has 0 unspecified atom stereocenters. The van der Waals surface area contributed by atoms with Crippen LogP contribution in [0.5, 0.6) is 5.75 Å². The predicted molar refractivity (Wildman–Crippen MR) is 141 cm³/mol. The van der Waals surface area contributed by atoms with Gasteiger partial charge in [0.2, 0.25) is 12.2 Å². The number of nitrogens with one attached hydrogen (secondary N) is 1. The van der Waals surface area contributed by atoms with Crippen LogP contribution in [0.1, 0.15) is 43.6 Å². The highest BCUT2D eigenvalue weighted by Gasteiger charge is 2.51. The summed E-state index contributed by atoms with van der Waals surface area (Å²) in [6.45, 7) is 4.40. The molecule has 1 aliphatic rings. The Bertz CT molecular complexity index is 1240. The van der Waals surface area contributed by atoms with Crippen molar-refractivity contribution in [3.8, 4) is 5.75 Å². The van der Waals surface area contributed by atoms with Crippen molar-refractivity contribution in [3.63, 3.8) is 0 Å². The number of ether oxygens (including phenoxy) is 5. The molecule has 0 bridgehead atoms. The van der Waals surface area contributed by atoms with Gasteiger partial charge in [0.05, 0.1) is 0 Å². The van der Waals surface area contributed by atoms with Crippen LogP contribution in [0.3, 0.4) is 0 Å². The number of carbonyl (C=O) groups excluding carboxylic acids is 5. The van der Waals surface area contributed by atoms with Gasteiger partial charge < -0.3 is 29.0 Å². The molecule has 3 rings (SSSR count). The molecular weight excluding hydrogens is 522 g/mol. The number of esters is 3. The van der Waals surface area contributed by atoms with Crippen molar-refractivity contribution in [1.29, 1.82) is 0 Å². The molecule has 40 heavy (non-hydrogen) atoms. The Balaban J connectivity index is 1.86. The highest BCUT2D eigenvalue weighted by Crippen LogP contribution is 2.29. The van der Waals surface area contributed by atoms with Crippen LogP contribution >= 0.6 is 0 Å². The van der Waals surface area contributed by atoms with Crippen LogP contribution in [0.25, 0.3) is 6.08 Å². The summed E-state index contributed by atoms with van der Waals surface area (Å²) in [7, 11) is 0. The second-order valence-corrected chi connectivity index (χ2v) is 8.97. The van der Waals surface area contributed by atoms with Gasteiger partial charge in [-0.3, -0.25) is 24.0 Å². The van der Waals surface area contributed by atoms with Crippen LogP contribution in [0.15, 0.2) is 60.7 Å². The summed E-state index contributed by atoms with van der Waals surface area (Å²) in [4.78, 5) is 60.0. The molecule has 1 fully saturated rings. The number of amides is 1. The third-order valence-corrected chi connectivity index (χ3v) is 5.69. The minimum Gasteiger partial charge on any atom is -0.463 e. The summed E-state index contributed by atoms with van der Waals surface area (Å²) in [5, 5.41) is 2.63. The largest absolute Gasteiger partial charge is 0.463 e. The van der Waals surface area contributed by atoms with Gasteiger partial charge in [-0.25, -0.2) is 0 Å². The fourth-order valence-electron chi connectivity index (χ4n) is 4.06. The third kappa shape index (κ3) is 8.77. The van der Waals surface area contributed by atoms with Crippen LogP contribution in [0.4, 0.5) is 0 Å². The van der Waals surface area contributed by atoms with Gasteiger partial charge in [-0.05, 0) is 35.9 Å². The smallest absolute Gasteiger partial charge is 0.303 e. The maximum atomic E-state index is 12.6. The van der Waals surface area contributed by atoms with E-state index < -0.39 is 54.5 Å². The van der Waals surface area contributed by atoms with Crippen LogP contribution < -0.4 is 10.1 Å². The summed E-state index contributed by atoms with van der Waals surface area (Å²) in [6, 6.07) is 14.5. The number of allylic oxidation sites excluding steroid dienone is 1. The first kappa shape index (κ1) is 30.0. The van der Waals surface area contributed by atoms with Gasteiger partial charge in [0.25, 0.3) is 0 Å². The molecule has 0 saturated carbocycles. The molecule has 1 heterocycles. The number of benzene rings is 2. The highest BCUT2D eigenvalue weighted by atomic mass is 16.7. The first-order valence-corrected chi connectivity index (χ1v) is 12.5. The Labute approximate surface area is 231 Å². The summed E-state index contributed by atoms with van der Waals surface area (Å²) >= 11 is 0. The first-order valence-electron chi connectivity index (χ1n) is 12.5. The summed E-state index contributed by atoms with van der Waals surface area (Å²) in [5.74, 6) is -2.48. The van der Waals surface area contributed by atoms with E-state index in [1.165, 1.54) is 32.1 Å². The Hall–Kier alpha value is -4.51. The van der Waals surface area contributed by atoms with Crippen molar-refractivity contribution in [1.82, 2.24) is 5.32 Å². The SMILES string of the molecule is CC(=O)N[C@H]1[C@H](Oc2ccc(C(=O)C=Cc3ccccc3)cc2)O[C@H](COC(C)=O)[C@@H](OC(C)=O)[C@@H]1OC(C)=O. The highest BCUT2D eigenvalue weighted by molar-refractivity contribution is 6.06. The van der Waals surface area contributed by atoms with Crippen LogP contribution in [-0.4, -0.2) is 66.8 Å². The number of hydrogen-bond acceptors (Lipinski definition) is 10. The van der Waals surface area contributed by atoms with E-state index in [1.807, 2.05) is 30.3 Å². The van der Waals surface area contributed by atoms with Gasteiger partial charge in [0, 0.05) is 33.3 Å². The van der Waals surface area contributed by atoms with Gasteiger partial charge >= 0.3 is 17.9 Å². The Kier molecular flexibility index (Phi) is 10.5. The fourth-order valence-corrected chi connectivity index (χ4v) is 4.06. The monoisotopic (exact) mass is 553 g/mol. The molecule has 212 valence electrons. The second-order valence-electron chi connectivity index (χ2n) is 8.97. The Morgan fingerprint density at radius 2 is 1.45 bits per heavy atom. The minimum atomic E-state index is -1.26. The standard InChI is InChI=1S/C29H31NO10/c1-17(31)30-26-28(38-20(4)34)27(37-19(3)33)25(16-36-18(2)32)40-29(26)39-23-13-11-22(12-14-23)24(35)15-10-21-8-6-5-7-9-21/h5-15,25-29H,16H2,1-4H3,(H,30,31)/t25-,26-,27-,28-,29-/m1/s1. The second kappa shape index (κ2) is 14.0. The lowest BCUT2D eigenvalue weighted by Crippen LogP contribution is -2.67. The topological polar surface area (TPSA) is 144 Å². The zero-order valence-electron chi connectivity index (χ0n) is 22.5. The molecule has 11 heteroatoms. The molecule has 2 aromatic carbocycles. The van der Waals surface area contributed by atoms with Crippen LogP contribution in [0.2, 0.25) is 0 Å². The van der Waals surface area contributed by atoms with E-state index in [0.29, 0.717) is 5.56 Å². The molecule has 1 amide bonds. The lowest BCUT2D eigenvalue weighted by Gasteiger charge is -2.44. The van der Waals surface area contributed by atoms with Gasteiger partial charge in [-0.15, -0.1) is 0 Å². The first-order chi connectivity index (χ1) is 19.0. The lowest BCUT2D eigenvalue weighted by molar-refractivity contribution is -0.257. The zero-order valence-corrected chi connectivity index (χ0v) is 22.5. The van der Waals surface area contributed by atoms with E-state index in [4.69, 9.17) is 23.7 Å². The number of carbonyl (C=O) groups is 5. The maximum absolute atomic E-state index is 12.6. The molecular formula is C29H31NO10. The minimum absolute atomic E-state index is 0.221. The predicted octanol–water partition coefficient (Wildman–Crippen LogP) is 2.62. The summed E-state index contributed by atoms with van der Waals surface area (Å²) < 4.78 is 27.9. The van der Waals surface area contributed by atoms with Crippen molar-refractivity contribution in [3.05, 3.63) is 71.8 Å². The molecule has 0 aromatic heterocycles. The van der Waals surface area contributed by atoms with Crippen LogP contribution in [-0.2, 0) is 38.1 Å². The van der Waals surface area contributed by atoms with Gasteiger partial charge in [-0.2, -0.15) is 0 Å². The van der Waals surface area contributed by atoms with E-state index in [1.54, 1.807) is 18.2 Å². The number of ketones is 1. The molecule has 1 saturated heterocycles. The maximum Gasteiger partial charge on any atom is 0.303 e. The van der Waals surface area contributed by atoms with Gasteiger partial charge in [-0.1, -0.05) is 36.4 Å². The molecule has 5 atom stereocenters. The quantitative estimate of drug-likeness (QED) is 0.202. The number of hydrogen-bond donors (Lipinski definition) is 1. The van der Waals surface area contributed by atoms with Crippen LogP contribution in [0, 0.1) is 0 Å². The average molecular weight is 554 g/mol. The molecule has 0 aliphatic carbocycles. The van der Waals surface area contributed by atoms with Crippen molar-refractivity contribution >= 4 is 35.7 Å². The lowest BCUT2D eigenvalue weighted by atomic mass is 9.96. The molecule has 0 spiro atoms. The van der Waals surface area contributed by atoms with E-state index in [9.17, 15) is 24.0 Å². The van der Waals surface area contributed by atoms with E-state index in [2.05, 4.69) is 5.32 Å². The molecule has 1 N–H and O–H groups in total. The van der Waals surface area contributed by atoms with Crippen molar-refractivity contribution < 1.29 is 47.7 Å². The fraction of sp³-hybridized carbons (Fsp3) is 0.345. The molecule has 0 radical (unpaired) electrons. The van der Waals surface area contributed by atoms with Crippen molar-refractivity contribution in [2.24, 2.45) is 0 Å². The van der Waals surface area contributed by atoms with E-state index in [-0.39, 0.29) is 18.1 Å². The van der Waals surface area contributed by atoms with Crippen molar-refractivity contribution in [2.75, 3.05) is 6.61 Å². The van der Waals surface area contributed by atoms with E-state index >= 15 is 0 Å². The molecule has 2 aromatic rings. The van der Waals surface area contributed by atoms with Gasteiger partial charge in [0.1, 0.15) is 24.5 Å². The Morgan fingerprint density at radius 3 is 2.02 bits per heavy atom. The number of rotatable bonds is 10. The average Bonchev–Trinajstić information content (AvgIpc) is 2.89. The summed E-state index contributed by atoms with van der Waals surface area (Å²) in [5.41, 5.74) is 1.29. The Morgan fingerprint density at radius 1 is 0.825 bits per heavy atom. The summed E-state index contributed by atoms with van der Waals surface area (Å²) in [6.07, 6.45) is -1.67. The van der Waals surface area contributed by atoms with Crippen molar-refractivity contribution in [2.45, 2.75) is 58.3 Å². The normalized spacial score (nSPS) is 22.1.